The Labute approximate surface area is 157 Å². The van der Waals surface area contributed by atoms with E-state index in [0.717, 1.165) is 25.2 Å². The molecule has 1 fully saturated rings. The van der Waals surface area contributed by atoms with Gasteiger partial charge in [-0.2, -0.15) is 0 Å². The molecule has 7 heteroatoms. The molecular weight excluding hydrogens is 349 g/mol. The lowest BCUT2D eigenvalue weighted by atomic mass is 10.1. The molecule has 1 saturated heterocycles. The van der Waals surface area contributed by atoms with Gasteiger partial charge in [0.15, 0.2) is 0 Å². The minimum atomic E-state index is -0.407. The van der Waals surface area contributed by atoms with Crippen LogP contribution in [0.25, 0.3) is 0 Å². The molecular formula is C17H29Cl2N3O2. The molecule has 0 aliphatic carbocycles. The van der Waals surface area contributed by atoms with E-state index < -0.39 is 6.10 Å². The lowest BCUT2D eigenvalue weighted by Crippen LogP contribution is -2.40. The van der Waals surface area contributed by atoms with Gasteiger partial charge in [0, 0.05) is 19.6 Å². The van der Waals surface area contributed by atoms with E-state index in [0.29, 0.717) is 19.5 Å². The van der Waals surface area contributed by atoms with Crippen molar-refractivity contribution >= 4 is 30.7 Å². The highest BCUT2D eigenvalue weighted by Crippen LogP contribution is 2.09. The highest BCUT2D eigenvalue weighted by atomic mass is 35.5. The predicted octanol–water partition coefficient (Wildman–Crippen LogP) is 1.71. The minimum absolute atomic E-state index is 0. The number of benzene rings is 1. The average Bonchev–Trinajstić information content (AvgIpc) is 2.98. The molecule has 1 heterocycles. The Morgan fingerprint density at radius 1 is 1.21 bits per heavy atom. The van der Waals surface area contributed by atoms with Crippen LogP contribution in [0.1, 0.15) is 31.4 Å². The van der Waals surface area contributed by atoms with Crippen LogP contribution in [0.5, 0.6) is 0 Å². The third kappa shape index (κ3) is 6.95. The van der Waals surface area contributed by atoms with Gasteiger partial charge in [0.1, 0.15) is 0 Å². The van der Waals surface area contributed by atoms with Crippen LogP contribution < -0.4 is 10.6 Å². The number of amides is 1. The molecule has 3 N–H and O–H groups in total. The van der Waals surface area contributed by atoms with Crippen molar-refractivity contribution in [2.75, 3.05) is 19.6 Å². The third-order valence-electron chi connectivity index (χ3n) is 4.21. The van der Waals surface area contributed by atoms with Gasteiger partial charge in [0.25, 0.3) is 0 Å². The van der Waals surface area contributed by atoms with Crippen LogP contribution in [0.2, 0.25) is 0 Å². The standard InChI is InChI=1S/C17H27N3O2.2ClH/c1-3-20(4-2)12-14-7-5-13(6-8-14)10-19-17(22)16-9-15(21)11-18-16;;/h5-8,15-16,18,21H,3-4,9-12H2,1-2H3,(H,19,22);2*1H. The summed E-state index contributed by atoms with van der Waals surface area (Å²) in [5.74, 6) is -0.0382. The number of carbonyl (C=O) groups excluding carboxylic acids is 1. The van der Waals surface area contributed by atoms with Crippen molar-refractivity contribution in [3.63, 3.8) is 0 Å². The molecule has 0 radical (unpaired) electrons. The topological polar surface area (TPSA) is 64.6 Å². The van der Waals surface area contributed by atoms with Gasteiger partial charge in [-0.1, -0.05) is 38.1 Å². The maximum atomic E-state index is 12.0. The normalized spacial score (nSPS) is 19.5. The fourth-order valence-corrected chi connectivity index (χ4v) is 2.70. The fraction of sp³-hybridized carbons (Fsp3) is 0.588. The number of nitrogens with zero attached hydrogens (tertiary/aromatic N) is 1. The van der Waals surface area contributed by atoms with E-state index in [-0.39, 0.29) is 36.8 Å². The summed E-state index contributed by atoms with van der Waals surface area (Å²) in [6.07, 6.45) is 0.0874. The van der Waals surface area contributed by atoms with Crippen LogP contribution in [0, 0.1) is 0 Å². The lowest BCUT2D eigenvalue weighted by molar-refractivity contribution is -0.123. The van der Waals surface area contributed by atoms with Crippen LogP contribution in [-0.4, -0.2) is 47.7 Å². The van der Waals surface area contributed by atoms with Crippen molar-refractivity contribution in [2.24, 2.45) is 0 Å². The van der Waals surface area contributed by atoms with Crippen LogP contribution in [0.15, 0.2) is 24.3 Å². The van der Waals surface area contributed by atoms with Crippen molar-refractivity contribution in [1.82, 2.24) is 15.5 Å². The second-order valence-electron chi connectivity index (χ2n) is 5.85. The Bertz CT molecular complexity index is 481. The Balaban J connectivity index is 0.00000264. The molecule has 1 amide bonds. The largest absolute Gasteiger partial charge is 0.392 e. The predicted molar refractivity (Wildman–Crippen MR) is 102 cm³/mol. The number of aliphatic hydroxyl groups excluding tert-OH is 1. The molecule has 1 aliphatic heterocycles. The average molecular weight is 378 g/mol. The van der Waals surface area contributed by atoms with E-state index >= 15 is 0 Å². The lowest BCUT2D eigenvalue weighted by Gasteiger charge is -2.18. The van der Waals surface area contributed by atoms with Gasteiger partial charge in [-0.3, -0.25) is 9.69 Å². The first-order valence-electron chi connectivity index (χ1n) is 8.11. The summed E-state index contributed by atoms with van der Waals surface area (Å²) in [4.78, 5) is 14.3. The van der Waals surface area contributed by atoms with E-state index in [4.69, 9.17) is 0 Å². The number of rotatable bonds is 7. The van der Waals surface area contributed by atoms with E-state index in [1.165, 1.54) is 5.56 Å². The molecule has 2 rings (SSSR count). The maximum Gasteiger partial charge on any atom is 0.237 e. The Morgan fingerprint density at radius 3 is 2.29 bits per heavy atom. The van der Waals surface area contributed by atoms with E-state index in [9.17, 15) is 9.90 Å². The van der Waals surface area contributed by atoms with Crippen molar-refractivity contribution in [1.29, 1.82) is 0 Å². The Hall–Kier alpha value is -0.850. The van der Waals surface area contributed by atoms with Crippen LogP contribution in [0.3, 0.4) is 0 Å². The van der Waals surface area contributed by atoms with Crippen LogP contribution in [0.4, 0.5) is 0 Å². The summed E-state index contributed by atoms with van der Waals surface area (Å²) in [5.41, 5.74) is 2.38. The second kappa shape index (κ2) is 11.7. The SMILES string of the molecule is CCN(CC)Cc1ccc(CNC(=O)C2CC(O)CN2)cc1.Cl.Cl. The summed E-state index contributed by atoms with van der Waals surface area (Å²) in [6.45, 7) is 8.42. The molecule has 1 aliphatic rings. The van der Waals surface area contributed by atoms with E-state index in [1.54, 1.807) is 0 Å². The molecule has 0 spiro atoms. The molecule has 24 heavy (non-hydrogen) atoms. The summed E-state index contributed by atoms with van der Waals surface area (Å²) in [5, 5.41) is 15.4. The number of carbonyl (C=O) groups is 1. The van der Waals surface area contributed by atoms with Crippen molar-refractivity contribution in [3.05, 3.63) is 35.4 Å². The molecule has 1 aromatic carbocycles. The zero-order valence-electron chi connectivity index (χ0n) is 14.3. The van der Waals surface area contributed by atoms with Crippen molar-refractivity contribution < 1.29 is 9.90 Å². The van der Waals surface area contributed by atoms with Gasteiger partial charge in [-0.05, 0) is 30.6 Å². The number of hydrogen-bond acceptors (Lipinski definition) is 4. The quantitative estimate of drug-likeness (QED) is 0.676. The summed E-state index contributed by atoms with van der Waals surface area (Å²) in [6, 6.07) is 8.11. The molecule has 2 atom stereocenters. The smallest absolute Gasteiger partial charge is 0.237 e. The molecule has 5 nitrogen and oxygen atoms in total. The zero-order valence-corrected chi connectivity index (χ0v) is 16.0. The van der Waals surface area contributed by atoms with Gasteiger partial charge in [-0.25, -0.2) is 0 Å². The van der Waals surface area contributed by atoms with Gasteiger partial charge in [0.05, 0.1) is 12.1 Å². The van der Waals surface area contributed by atoms with Gasteiger partial charge >= 0.3 is 0 Å². The first kappa shape index (κ1) is 23.1. The highest BCUT2D eigenvalue weighted by Gasteiger charge is 2.27. The number of aliphatic hydroxyl groups is 1. The fourth-order valence-electron chi connectivity index (χ4n) is 2.70. The van der Waals surface area contributed by atoms with Crippen LogP contribution in [-0.2, 0) is 17.9 Å². The molecule has 1 aromatic rings. The summed E-state index contributed by atoms with van der Waals surface area (Å²) in [7, 11) is 0. The highest BCUT2D eigenvalue weighted by molar-refractivity contribution is 5.85. The van der Waals surface area contributed by atoms with Gasteiger partial charge in [-0.15, -0.1) is 24.8 Å². The first-order valence-corrected chi connectivity index (χ1v) is 8.11. The van der Waals surface area contributed by atoms with E-state index in [1.807, 2.05) is 0 Å². The Kier molecular flexibility index (Phi) is 11.2. The van der Waals surface area contributed by atoms with E-state index in [2.05, 4.69) is 53.6 Å². The summed E-state index contributed by atoms with van der Waals surface area (Å²) < 4.78 is 0. The molecule has 2 unspecified atom stereocenters. The molecule has 0 saturated carbocycles. The number of nitrogens with one attached hydrogen (secondary N) is 2. The van der Waals surface area contributed by atoms with Crippen molar-refractivity contribution in [2.45, 2.75) is 45.5 Å². The summed E-state index contributed by atoms with van der Waals surface area (Å²) >= 11 is 0. The molecule has 0 bridgehead atoms. The first-order chi connectivity index (χ1) is 10.6. The maximum absolute atomic E-state index is 12.0. The second-order valence-corrected chi connectivity index (χ2v) is 5.85. The monoisotopic (exact) mass is 377 g/mol. The number of halogens is 2. The Morgan fingerprint density at radius 2 is 1.79 bits per heavy atom. The minimum Gasteiger partial charge on any atom is -0.392 e. The molecule has 0 aromatic heterocycles. The van der Waals surface area contributed by atoms with Gasteiger partial charge in [0.2, 0.25) is 5.91 Å². The number of β-amino-alcohol motifs (C(OH)–C–C–N with tert-alkyl or cyclic N) is 1. The third-order valence-corrected chi connectivity index (χ3v) is 4.21. The molecule has 138 valence electrons. The van der Waals surface area contributed by atoms with Crippen LogP contribution >= 0.6 is 24.8 Å². The van der Waals surface area contributed by atoms with Gasteiger partial charge < -0.3 is 15.7 Å². The number of hydrogen-bond donors (Lipinski definition) is 3. The van der Waals surface area contributed by atoms with Crippen molar-refractivity contribution in [3.8, 4) is 0 Å². The zero-order chi connectivity index (χ0) is 15.9.